The zero-order chi connectivity index (χ0) is 24.6. The number of hydrogen-bond acceptors (Lipinski definition) is 6. The van der Waals surface area contributed by atoms with Crippen LogP contribution in [0.4, 0.5) is 5.69 Å². The maximum Gasteiger partial charge on any atom is 0.344 e. The van der Waals surface area contributed by atoms with Crippen molar-refractivity contribution in [2.75, 3.05) is 6.61 Å². The van der Waals surface area contributed by atoms with Gasteiger partial charge >= 0.3 is 5.97 Å². The lowest BCUT2D eigenvalue weighted by molar-refractivity contribution is -0.138. The predicted octanol–water partition coefficient (Wildman–Crippen LogP) is 7.02. The molecule has 1 heterocycles. The van der Waals surface area contributed by atoms with Crippen LogP contribution in [0.15, 0.2) is 100 Å². The van der Waals surface area contributed by atoms with Crippen molar-refractivity contribution in [1.29, 1.82) is 0 Å². The lowest BCUT2D eigenvalue weighted by atomic mass is 10.1. The van der Waals surface area contributed by atoms with Crippen molar-refractivity contribution in [3.05, 3.63) is 112 Å². The Balaban J connectivity index is 1.66. The number of thioether (sulfide) groups is 1. The molecule has 0 saturated heterocycles. The molecule has 0 spiro atoms. The van der Waals surface area contributed by atoms with Crippen LogP contribution in [0.3, 0.4) is 0 Å². The average Bonchev–Trinajstić information content (AvgIpc) is 3.19. The predicted molar refractivity (Wildman–Crippen MR) is 142 cm³/mol. The zero-order valence-electron chi connectivity index (χ0n) is 19.7. The molecule has 0 radical (unpaired) electrons. The van der Waals surface area contributed by atoms with E-state index >= 15 is 0 Å². The quantitative estimate of drug-likeness (QED) is 0.347. The molecule has 1 N–H and O–H groups in total. The highest BCUT2D eigenvalue weighted by Gasteiger charge is 2.33. The normalized spacial score (nSPS) is 15.6. The van der Waals surface area contributed by atoms with Gasteiger partial charge in [0.2, 0.25) is 0 Å². The van der Waals surface area contributed by atoms with Crippen molar-refractivity contribution in [1.82, 2.24) is 0 Å². The first-order valence-electron chi connectivity index (χ1n) is 11.5. The summed E-state index contributed by atoms with van der Waals surface area (Å²) in [5.74, 6) is -0.0656. The lowest BCUT2D eigenvalue weighted by Crippen LogP contribution is -2.12. The van der Waals surface area contributed by atoms with Crippen LogP contribution in [0.5, 0.6) is 5.75 Å². The second-order valence-electron chi connectivity index (χ2n) is 7.80. The molecule has 35 heavy (non-hydrogen) atoms. The summed E-state index contributed by atoms with van der Waals surface area (Å²) in [4.78, 5) is 17.8. The maximum atomic E-state index is 12.7. The first kappa shape index (κ1) is 24.4. The van der Waals surface area contributed by atoms with E-state index in [-0.39, 0.29) is 17.9 Å². The first-order valence-corrected chi connectivity index (χ1v) is 12.3. The molecule has 3 aromatic rings. The van der Waals surface area contributed by atoms with Gasteiger partial charge in [-0.3, -0.25) is 0 Å². The molecule has 178 valence electrons. The number of carbonyl (C=O) groups is 1. The van der Waals surface area contributed by atoms with Crippen LogP contribution >= 0.6 is 11.8 Å². The lowest BCUT2D eigenvalue weighted by Gasteiger charge is -2.10. The van der Waals surface area contributed by atoms with Crippen LogP contribution in [-0.4, -0.2) is 22.7 Å². The van der Waals surface area contributed by atoms with Crippen LogP contribution in [0.2, 0.25) is 0 Å². The molecule has 0 aromatic heterocycles. The Hall–Kier alpha value is -3.77. The Morgan fingerprint density at radius 2 is 1.66 bits per heavy atom. The summed E-state index contributed by atoms with van der Waals surface area (Å²) >= 11 is 1.23. The number of aliphatic hydroxyl groups is 1. The highest BCUT2D eigenvalue weighted by molar-refractivity contribution is 8.18. The second-order valence-corrected chi connectivity index (χ2v) is 8.83. The molecule has 4 rings (SSSR count). The molecule has 1 aliphatic rings. The van der Waals surface area contributed by atoms with Gasteiger partial charge in [-0.15, -0.1) is 0 Å². The number of benzene rings is 3. The van der Waals surface area contributed by atoms with E-state index in [1.165, 1.54) is 17.3 Å². The van der Waals surface area contributed by atoms with E-state index < -0.39 is 5.97 Å². The third-order valence-corrected chi connectivity index (χ3v) is 6.41. The molecule has 5 nitrogen and oxygen atoms in total. The van der Waals surface area contributed by atoms with E-state index in [0.717, 1.165) is 17.5 Å². The number of aliphatic hydroxyl groups excluding tert-OH is 1. The summed E-state index contributed by atoms with van der Waals surface area (Å²) < 4.78 is 11.3. The van der Waals surface area contributed by atoms with Crippen LogP contribution in [-0.2, 0) is 22.6 Å². The minimum Gasteiger partial charge on any atom is -0.506 e. The van der Waals surface area contributed by atoms with Gasteiger partial charge < -0.3 is 14.6 Å². The number of hydrogen-bond donors (Lipinski definition) is 1. The molecular formula is C29H27NO4S. The topological polar surface area (TPSA) is 68.1 Å². The van der Waals surface area contributed by atoms with Gasteiger partial charge in [-0.2, -0.15) is 0 Å². The molecule has 0 amide bonds. The summed E-state index contributed by atoms with van der Waals surface area (Å²) in [6.07, 6.45) is 2.74. The molecule has 3 aromatic carbocycles. The van der Waals surface area contributed by atoms with E-state index in [4.69, 9.17) is 9.47 Å². The molecular weight excluding hydrogens is 458 g/mol. The Kier molecular flexibility index (Phi) is 8.06. The third-order valence-electron chi connectivity index (χ3n) is 5.39. The van der Waals surface area contributed by atoms with Gasteiger partial charge in [-0.05, 0) is 48.7 Å². The molecule has 1 aliphatic heterocycles. The molecule has 0 aliphatic carbocycles. The summed E-state index contributed by atoms with van der Waals surface area (Å²) in [7, 11) is 0. The Labute approximate surface area is 209 Å². The zero-order valence-corrected chi connectivity index (χ0v) is 20.5. The first-order chi connectivity index (χ1) is 17.1. The number of aliphatic imine (C=N–C) groups is 1. The Morgan fingerprint density at radius 1 is 0.943 bits per heavy atom. The van der Waals surface area contributed by atoms with Crippen LogP contribution in [0.25, 0.3) is 6.08 Å². The highest BCUT2D eigenvalue weighted by Crippen LogP contribution is 2.41. The highest BCUT2D eigenvalue weighted by atomic mass is 32.2. The van der Waals surface area contributed by atoms with Crippen molar-refractivity contribution in [2.45, 2.75) is 26.9 Å². The molecule has 0 fully saturated rings. The van der Waals surface area contributed by atoms with Crippen LogP contribution in [0.1, 0.15) is 30.5 Å². The fourth-order valence-corrected chi connectivity index (χ4v) is 4.55. The summed E-state index contributed by atoms with van der Waals surface area (Å²) in [6.45, 7) is 4.44. The number of carbonyl (C=O) groups excluding carboxylic acids is 1. The fraction of sp³-hybridized carbons (Fsp3) is 0.172. The standard InChI is InChI=1S/C29H27NO4S/c1-3-20-14-16-23(17-15-20)30-28-26(29(32)33-4-2)27(31)25(35-28)18-22-12-8-9-13-24(22)34-19-21-10-6-5-7-11-21/h5-18,31H,3-4,19H2,1-2H3. The van der Waals surface area contributed by atoms with Gasteiger partial charge in [0.15, 0.2) is 0 Å². The Bertz CT molecular complexity index is 1280. The number of nitrogens with zero attached hydrogens (tertiary/aromatic N) is 1. The van der Waals surface area contributed by atoms with Gasteiger partial charge in [0.05, 0.1) is 17.2 Å². The summed E-state index contributed by atoms with van der Waals surface area (Å²) in [5, 5.41) is 11.4. The summed E-state index contributed by atoms with van der Waals surface area (Å²) in [6, 6.07) is 25.3. The smallest absolute Gasteiger partial charge is 0.344 e. The third kappa shape index (κ3) is 6.03. The van der Waals surface area contributed by atoms with Gasteiger partial charge in [0.1, 0.15) is 28.7 Å². The van der Waals surface area contributed by atoms with E-state index in [0.29, 0.717) is 28.0 Å². The minimum atomic E-state index is -0.599. The molecule has 6 heteroatoms. The number of ether oxygens (including phenoxy) is 2. The van der Waals surface area contributed by atoms with Crippen molar-refractivity contribution < 1.29 is 19.4 Å². The van der Waals surface area contributed by atoms with E-state index in [1.807, 2.05) is 84.9 Å². The largest absolute Gasteiger partial charge is 0.506 e. The SMILES string of the molecule is CCOC(=O)C1=C(O)C(=Cc2ccccc2OCc2ccccc2)SC1=Nc1ccc(CC)cc1. The molecule has 0 atom stereocenters. The number of esters is 1. The number of para-hydroxylation sites is 1. The Morgan fingerprint density at radius 3 is 2.37 bits per heavy atom. The number of aryl methyl sites for hydroxylation is 1. The molecule has 0 bridgehead atoms. The van der Waals surface area contributed by atoms with Crippen LogP contribution < -0.4 is 4.74 Å². The number of rotatable bonds is 8. The second kappa shape index (κ2) is 11.6. The van der Waals surface area contributed by atoms with Gasteiger partial charge in [-0.1, -0.05) is 79.3 Å². The van der Waals surface area contributed by atoms with E-state index in [1.54, 1.807) is 6.92 Å². The van der Waals surface area contributed by atoms with E-state index in [2.05, 4.69) is 11.9 Å². The summed E-state index contributed by atoms with van der Waals surface area (Å²) in [5.41, 5.74) is 3.82. The fourth-order valence-electron chi connectivity index (χ4n) is 3.52. The van der Waals surface area contributed by atoms with Gasteiger partial charge in [0.25, 0.3) is 0 Å². The monoisotopic (exact) mass is 485 g/mol. The van der Waals surface area contributed by atoms with E-state index in [9.17, 15) is 9.90 Å². The van der Waals surface area contributed by atoms with Crippen molar-refractivity contribution in [2.24, 2.45) is 4.99 Å². The maximum absolute atomic E-state index is 12.7. The van der Waals surface area contributed by atoms with Gasteiger partial charge in [-0.25, -0.2) is 9.79 Å². The molecule has 0 unspecified atom stereocenters. The van der Waals surface area contributed by atoms with Crippen LogP contribution in [0, 0.1) is 0 Å². The molecule has 0 saturated carbocycles. The van der Waals surface area contributed by atoms with Crippen molar-refractivity contribution in [3.63, 3.8) is 0 Å². The van der Waals surface area contributed by atoms with Crippen molar-refractivity contribution in [3.8, 4) is 5.75 Å². The van der Waals surface area contributed by atoms with Crippen molar-refractivity contribution >= 4 is 34.5 Å². The minimum absolute atomic E-state index is 0.0744. The average molecular weight is 486 g/mol. The van der Waals surface area contributed by atoms with Gasteiger partial charge in [0, 0.05) is 5.56 Å².